The van der Waals surface area contributed by atoms with Crippen molar-refractivity contribution in [3.05, 3.63) is 0 Å². The van der Waals surface area contributed by atoms with Gasteiger partial charge in [-0.2, -0.15) is 0 Å². The molecule has 0 aliphatic heterocycles. The van der Waals surface area contributed by atoms with E-state index in [4.69, 9.17) is 0 Å². The Bertz CT molecular complexity index is 155. The molecular weight excluding hydrogens is 172 g/mol. The Kier molecular flexibility index (Phi) is 7.36. The Morgan fingerprint density at radius 3 is 2.42 bits per heavy atom. The molecule has 0 aromatic rings. The van der Waals surface area contributed by atoms with Crippen LogP contribution in [0.4, 0.5) is 0 Å². The third-order valence-corrected chi connectivity index (χ3v) is 3.26. The van der Waals surface area contributed by atoms with Crippen LogP contribution in [0.5, 0.6) is 0 Å². The third kappa shape index (κ3) is 6.53. The standard InChI is InChI=1S/C9H18O2S/c1-3-7-12(11)8-5-6-9(10)4-2/h3-8H2,1-2H3. The van der Waals surface area contributed by atoms with Crippen LogP contribution in [0.1, 0.15) is 39.5 Å². The zero-order chi connectivity index (χ0) is 9.40. The van der Waals surface area contributed by atoms with E-state index in [0.717, 1.165) is 18.6 Å². The van der Waals surface area contributed by atoms with Crippen molar-refractivity contribution in [3.63, 3.8) is 0 Å². The van der Waals surface area contributed by atoms with Gasteiger partial charge in [0.15, 0.2) is 0 Å². The van der Waals surface area contributed by atoms with Crippen molar-refractivity contribution < 1.29 is 9.00 Å². The van der Waals surface area contributed by atoms with Crippen LogP contribution in [-0.4, -0.2) is 21.5 Å². The number of rotatable bonds is 7. The van der Waals surface area contributed by atoms with E-state index in [0.29, 0.717) is 18.6 Å². The lowest BCUT2D eigenvalue weighted by Crippen LogP contribution is -2.04. The molecule has 0 saturated heterocycles. The highest BCUT2D eigenvalue weighted by atomic mass is 32.2. The average molecular weight is 190 g/mol. The van der Waals surface area contributed by atoms with Crippen molar-refractivity contribution in [1.82, 2.24) is 0 Å². The zero-order valence-corrected chi connectivity index (χ0v) is 8.78. The summed E-state index contributed by atoms with van der Waals surface area (Å²) in [7, 11) is -0.691. The van der Waals surface area contributed by atoms with Crippen LogP contribution in [0.15, 0.2) is 0 Å². The maximum absolute atomic E-state index is 11.1. The van der Waals surface area contributed by atoms with Crippen LogP contribution in [-0.2, 0) is 15.6 Å². The van der Waals surface area contributed by atoms with E-state index in [1.807, 2.05) is 13.8 Å². The lowest BCUT2D eigenvalue weighted by Gasteiger charge is -1.98. The molecule has 0 bridgehead atoms. The summed E-state index contributed by atoms with van der Waals surface area (Å²) in [6, 6.07) is 0. The highest BCUT2D eigenvalue weighted by Gasteiger charge is 2.01. The average Bonchev–Trinajstić information content (AvgIpc) is 2.04. The third-order valence-electron chi connectivity index (χ3n) is 1.65. The van der Waals surface area contributed by atoms with E-state index in [1.165, 1.54) is 0 Å². The van der Waals surface area contributed by atoms with Crippen molar-refractivity contribution in [2.45, 2.75) is 39.5 Å². The molecule has 72 valence electrons. The first-order valence-corrected chi connectivity index (χ1v) is 6.06. The number of ketones is 1. The van der Waals surface area contributed by atoms with Crippen LogP contribution in [0.2, 0.25) is 0 Å². The molecule has 3 heteroatoms. The molecule has 2 nitrogen and oxygen atoms in total. The second-order valence-electron chi connectivity index (χ2n) is 2.84. The van der Waals surface area contributed by atoms with Gasteiger partial charge in [-0.1, -0.05) is 13.8 Å². The van der Waals surface area contributed by atoms with E-state index < -0.39 is 10.8 Å². The van der Waals surface area contributed by atoms with Gasteiger partial charge in [0.2, 0.25) is 0 Å². The molecule has 12 heavy (non-hydrogen) atoms. The molecule has 1 atom stereocenters. The van der Waals surface area contributed by atoms with Crippen molar-refractivity contribution in [1.29, 1.82) is 0 Å². The summed E-state index contributed by atoms with van der Waals surface area (Å²) in [5.41, 5.74) is 0. The van der Waals surface area contributed by atoms with E-state index in [9.17, 15) is 9.00 Å². The van der Waals surface area contributed by atoms with Crippen molar-refractivity contribution in [2.24, 2.45) is 0 Å². The fraction of sp³-hybridized carbons (Fsp3) is 0.889. The van der Waals surface area contributed by atoms with Gasteiger partial charge in [0.1, 0.15) is 5.78 Å². The Balaban J connectivity index is 3.30. The number of carbonyl (C=O) groups excluding carboxylic acids is 1. The minimum absolute atomic E-state index is 0.281. The van der Waals surface area contributed by atoms with Gasteiger partial charge >= 0.3 is 0 Å². The summed E-state index contributed by atoms with van der Waals surface area (Å²) in [5, 5.41) is 0. The molecule has 1 unspecified atom stereocenters. The second kappa shape index (κ2) is 7.47. The molecule has 0 aromatic carbocycles. The first-order chi connectivity index (χ1) is 5.70. The van der Waals surface area contributed by atoms with E-state index in [-0.39, 0.29) is 5.78 Å². The molecule has 0 radical (unpaired) electrons. The minimum Gasteiger partial charge on any atom is -0.300 e. The molecule has 0 rings (SSSR count). The largest absolute Gasteiger partial charge is 0.300 e. The molecule has 0 aliphatic rings. The monoisotopic (exact) mass is 190 g/mol. The van der Waals surface area contributed by atoms with Gasteiger partial charge < -0.3 is 0 Å². The first-order valence-electron chi connectivity index (χ1n) is 4.57. The predicted molar refractivity (Wildman–Crippen MR) is 52.7 cm³/mol. The smallest absolute Gasteiger partial charge is 0.132 e. The minimum atomic E-state index is -0.691. The molecule has 0 N–H and O–H groups in total. The molecule has 0 fully saturated rings. The van der Waals surface area contributed by atoms with Gasteiger partial charge in [-0.05, 0) is 12.8 Å². The summed E-state index contributed by atoms with van der Waals surface area (Å²) in [4.78, 5) is 10.9. The van der Waals surface area contributed by atoms with Crippen LogP contribution in [0.3, 0.4) is 0 Å². The lowest BCUT2D eigenvalue weighted by molar-refractivity contribution is -0.118. The van der Waals surface area contributed by atoms with Crippen LogP contribution >= 0.6 is 0 Å². The van der Waals surface area contributed by atoms with Crippen molar-refractivity contribution in [2.75, 3.05) is 11.5 Å². The lowest BCUT2D eigenvalue weighted by atomic mass is 10.2. The summed E-state index contributed by atoms with van der Waals surface area (Å²) >= 11 is 0. The molecule has 0 amide bonds. The molecule has 0 aromatic heterocycles. The Morgan fingerprint density at radius 1 is 1.25 bits per heavy atom. The molecule has 0 aliphatic carbocycles. The SMILES string of the molecule is CCCS(=O)CCCC(=O)CC. The zero-order valence-electron chi connectivity index (χ0n) is 7.97. The molecule has 0 saturated carbocycles. The number of carbonyl (C=O) groups is 1. The van der Waals surface area contributed by atoms with Gasteiger partial charge in [-0.3, -0.25) is 9.00 Å². The first kappa shape index (κ1) is 11.8. The highest BCUT2D eigenvalue weighted by molar-refractivity contribution is 7.84. The van der Waals surface area contributed by atoms with Crippen LogP contribution in [0, 0.1) is 0 Å². The fourth-order valence-corrected chi connectivity index (χ4v) is 2.06. The van der Waals surface area contributed by atoms with Gasteiger partial charge in [-0.15, -0.1) is 0 Å². The fourth-order valence-electron chi connectivity index (χ4n) is 0.937. The Hall–Kier alpha value is -0.180. The maximum Gasteiger partial charge on any atom is 0.132 e. The summed E-state index contributed by atoms with van der Waals surface area (Å²) in [5.74, 6) is 1.75. The predicted octanol–water partition coefficient (Wildman–Crippen LogP) is 1.90. The Labute approximate surface area is 77.2 Å². The van der Waals surface area contributed by atoms with E-state index in [1.54, 1.807) is 0 Å². The number of hydrogen-bond donors (Lipinski definition) is 0. The number of Topliss-reactive ketones (excluding diaryl/α,β-unsaturated/α-hetero) is 1. The maximum atomic E-state index is 11.1. The topological polar surface area (TPSA) is 34.1 Å². The molecular formula is C9H18O2S. The van der Waals surface area contributed by atoms with Crippen LogP contribution < -0.4 is 0 Å². The van der Waals surface area contributed by atoms with Crippen LogP contribution in [0.25, 0.3) is 0 Å². The summed E-state index contributed by atoms with van der Waals surface area (Å²) in [6.45, 7) is 3.89. The highest BCUT2D eigenvalue weighted by Crippen LogP contribution is 1.97. The normalized spacial score (nSPS) is 12.8. The quantitative estimate of drug-likeness (QED) is 0.614. The van der Waals surface area contributed by atoms with Crippen molar-refractivity contribution >= 4 is 16.6 Å². The second-order valence-corrected chi connectivity index (χ2v) is 4.54. The van der Waals surface area contributed by atoms with E-state index in [2.05, 4.69) is 0 Å². The summed E-state index contributed by atoms with van der Waals surface area (Å²) in [6.07, 6.45) is 2.97. The molecule has 0 heterocycles. The number of hydrogen-bond acceptors (Lipinski definition) is 2. The Morgan fingerprint density at radius 2 is 1.92 bits per heavy atom. The van der Waals surface area contributed by atoms with Gasteiger partial charge in [0, 0.05) is 35.1 Å². The van der Waals surface area contributed by atoms with Crippen molar-refractivity contribution in [3.8, 4) is 0 Å². The summed E-state index contributed by atoms with van der Waals surface area (Å²) < 4.78 is 11.1. The van der Waals surface area contributed by atoms with Gasteiger partial charge in [0.25, 0.3) is 0 Å². The van der Waals surface area contributed by atoms with Gasteiger partial charge in [0.05, 0.1) is 0 Å². The van der Waals surface area contributed by atoms with Gasteiger partial charge in [-0.25, -0.2) is 0 Å². The molecule has 0 spiro atoms. The van der Waals surface area contributed by atoms with E-state index >= 15 is 0 Å².